The molecular formula is C27H44O2. The summed E-state index contributed by atoms with van der Waals surface area (Å²) in [6.07, 6.45) is 19.7. The molecule has 0 aliphatic rings. The van der Waals surface area contributed by atoms with E-state index < -0.39 is 0 Å². The maximum atomic E-state index is 11.4. The first kappa shape index (κ1) is 27.2. The van der Waals surface area contributed by atoms with Gasteiger partial charge in [-0.3, -0.25) is 0 Å². The molecule has 0 bridgehead atoms. The van der Waals surface area contributed by atoms with Crippen LogP contribution in [0.1, 0.15) is 99.8 Å². The maximum Gasteiger partial charge on any atom is 0.330 e. The molecule has 0 aromatic carbocycles. The van der Waals surface area contributed by atoms with Crippen LogP contribution in [0.15, 0.2) is 58.2 Å². The molecule has 2 nitrogen and oxygen atoms in total. The average molecular weight is 401 g/mol. The van der Waals surface area contributed by atoms with Gasteiger partial charge in [0.2, 0.25) is 0 Å². The summed E-state index contributed by atoms with van der Waals surface area (Å²) in [6, 6.07) is 0. The third-order valence-electron chi connectivity index (χ3n) is 4.84. The molecule has 0 spiro atoms. The van der Waals surface area contributed by atoms with Crippen molar-refractivity contribution in [2.45, 2.75) is 99.8 Å². The Balaban J connectivity index is 4.12. The number of carbonyl (C=O) groups is 1. The van der Waals surface area contributed by atoms with Gasteiger partial charge >= 0.3 is 5.97 Å². The fourth-order valence-electron chi connectivity index (χ4n) is 2.99. The Morgan fingerprint density at radius 3 is 1.38 bits per heavy atom. The second kappa shape index (κ2) is 17.1. The summed E-state index contributed by atoms with van der Waals surface area (Å²) in [6.45, 7) is 15.3. The van der Waals surface area contributed by atoms with Crippen molar-refractivity contribution in [2.75, 3.05) is 6.61 Å². The third-order valence-corrected chi connectivity index (χ3v) is 4.84. The summed E-state index contributed by atoms with van der Waals surface area (Å²) in [4.78, 5) is 11.4. The first-order valence-electron chi connectivity index (χ1n) is 11.2. The molecule has 0 radical (unpaired) electrons. The quantitative estimate of drug-likeness (QED) is 0.166. The SMILES string of the molecule is CCOC(=O)C=C(C)CCC=C(C)CCC=C(C)CCC=C(C)CCC=C(C)C. The summed E-state index contributed by atoms with van der Waals surface area (Å²) < 4.78 is 4.94. The van der Waals surface area contributed by atoms with Gasteiger partial charge in [0.15, 0.2) is 0 Å². The highest BCUT2D eigenvalue weighted by atomic mass is 16.5. The van der Waals surface area contributed by atoms with Crippen molar-refractivity contribution in [1.29, 1.82) is 0 Å². The number of ether oxygens (including phenoxy) is 1. The van der Waals surface area contributed by atoms with E-state index in [2.05, 4.69) is 58.9 Å². The number of rotatable bonds is 14. The summed E-state index contributed by atoms with van der Waals surface area (Å²) in [5.74, 6) is -0.232. The van der Waals surface area contributed by atoms with Crippen molar-refractivity contribution in [3.8, 4) is 0 Å². The van der Waals surface area contributed by atoms with Gasteiger partial charge in [-0.25, -0.2) is 4.79 Å². The van der Waals surface area contributed by atoms with E-state index in [0.717, 1.165) is 50.5 Å². The monoisotopic (exact) mass is 400 g/mol. The Morgan fingerprint density at radius 1 is 0.621 bits per heavy atom. The molecule has 2 heteroatoms. The molecular weight excluding hydrogens is 356 g/mol. The van der Waals surface area contributed by atoms with Gasteiger partial charge in [-0.1, -0.05) is 52.2 Å². The molecule has 0 amide bonds. The van der Waals surface area contributed by atoms with Crippen molar-refractivity contribution < 1.29 is 9.53 Å². The highest BCUT2D eigenvalue weighted by molar-refractivity contribution is 5.82. The zero-order valence-electron chi connectivity index (χ0n) is 20.1. The van der Waals surface area contributed by atoms with Gasteiger partial charge in [0.1, 0.15) is 0 Å². The average Bonchev–Trinajstić information content (AvgIpc) is 2.61. The van der Waals surface area contributed by atoms with Gasteiger partial charge in [0.25, 0.3) is 0 Å². The predicted octanol–water partition coefficient (Wildman–Crippen LogP) is 8.42. The largest absolute Gasteiger partial charge is 0.463 e. The van der Waals surface area contributed by atoms with Crippen LogP contribution in [-0.4, -0.2) is 12.6 Å². The van der Waals surface area contributed by atoms with Crippen LogP contribution in [0.3, 0.4) is 0 Å². The Hall–Kier alpha value is -1.83. The minimum atomic E-state index is -0.232. The van der Waals surface area contributed by atoms with Crippen LogP contribution >= 0.6 is 0 Å². The third kappa shape index (κ3) is 18.0. The van der Waals surface area contributed by atoms with Crippen molar-refractivity contribution in [3.05, 3.63) is 58.2 Å². The van der Waals surface area contributed by atoms with E-state index >= 15 is 0 Å². The molecule has 0 fully saturated rings. The first-order valence-corrected chi connectivity index (χ1v) is 11.2. The molecule has 0 aromatic rings. The zero-order valence-corrected chi connectivity index (χ0v) is 20.1. The Kier molecular flexibility index (Phi) is 16.0. The molecule has 0 rings (SSSR count). The van der Waals surface area contributed by atoms with E-state index in [1.807, 2.05) is 13.8 Å². The van der Waals surface area contributed by atoms with E-state index in [4.69, 9.17) is 4.74 Å². The molecule has 0 saturated carbocycles. The summed E-state index contributed by atoms with van der Waals surface area (Å²) >= 11 is 0. The Bertz CT molecular complexity index is 623. The highest BCUT2D eigenvalue weighted by Crippen LogP contribution is 2.14. The van der Waals surface area contributed by atoms with Gasteiger partial charge in [0.05, 0.1) is 6.61 Å². The normalized spacial score (nSPS) is 13.5. The fraction of sp³-hybridized carbons (Fsp3) is 0.593. The molecule has 0 aliphatic heterocycles. The van der Waals surface area contributed by atoms with Crippen LogP contribution in [0.4, 0.5) is 0 Å². The predicted molar refractivity (Wildman–Crippen MR) is 128 cm³/mol. The van der Waals surface area contributed by atoms with Crippen LogP contribution in [0.2, 0.25) is 0 Å². The van der Waals surface area contributed by atoms with Crippen LogP contribution in [0, 0.1) is 0 Å². The number of allylic oxidation sites excluding steroid dienone is 9. The second-order valence-corrected chi connectivity index (χ2v) is 8.33. The lowest BCUT2D eigenvalue weighted by molar-refractivity contribution is -0.137. The lowest BCUT2D eigenvalue weighted by Gasteiger charge is -2.03. The maximum absolute atomic E-state index is 11.4. The lowest BCUT2D eigenvalue weighted by atomic mass is 10.0. The van der Waals surface area contributed by atoms with Crippen molar-refractivity contribution in [3.63, 3.8) is 0 Å². The number of carbonyl (C=O) groups excluding carboxylic acids is 1. The molecule has 0 saturated heterocycles. The lowest BCUT2D eigenvalue weighted by Crippen LogP contribution is -2.00. The number of hydrogen-bond donors (Lipinski definition) is 0. The second-order valence-electron chi connectivity index (χ2n) is 8.33. The molecule has 0 atom stereocenters. The molecule has 29 heavy (non-hydrogen) atoms. The Morgan fingerprint density at radius 2 is 1.00 bits per heavy atom. The van der Waals surface area contributed by atoms with Gasteiger partial charge < -0.3 is 4.74 Å². The highest BCUT2D eigenvalue weighted by Gasteiger charge is 1.98. The Labute approximate surface area is 180 Å². The van der Waals surface area contributed by atoms with Gasteiger partial charge in [0, 0.05) is 6.08 Å². The minimum Gasteiger partial charge on any atom is -0.463 e. The van der Waals surface area contributed by atoms with Gasteiger partial charge in [-0.15, -0.1) is 0 Å². The van der Waals surface area contributed by atoms with E-state index in [-0.39, 0.29) is 5.97 Å². The van der Waals surface area contributed by atoms with E-state index in [1.54, 1.807) is 6.08 Å². The summed E-state index contributed by atoms with van der Waals surface area (Å²) in [5.41, 5.74) is 6.89. The molecule has 164 valence electrons. The van der Waals surface area contributed by atoms with Crippen LogP contribution in [-0.2, 0) is 9.53 Å². The smallest absolute Gasteiger partial charge is 0.330 e. The summed E-state index contributed by atoms with van der Waals surface area (Å²) in [5, 5.41) is 0. The molecule has 0 aliphatic carbocycles. The number of hydrogen-bond acceptors (Lipinski definition) is 2. The standard InChI is InChI=1S/C27H44O2/c1-8-29-27(28)21-26(7)20-12-19-25(6)18-11-17-24(5)16-10-15-23(4)14-9-13-22(2)3/h13,15,17,19,21H,8-12,14,16,18,20H2,1-7H3. The van der Waals surface area contributed by atoms with Crippen molar-refractivity contribution in [1.82, 2.24) is 0 Å². The molecule has 0 N–H and O–H groups in total. The van der Waals surface area contributed by atoms with Crippen molar-refractivity contribution >= 4 is 5.97 Å². The van der Waals surface area contributed by atoms with Crippen LogP contribution in [0.5, 0.6) is 0 Å². The number of esters is 1. The first-order chi connectivity index (χ1) is 13.7. The van der Waals surface area contributed by atoms with E-state index in [0.29, 0.717) is 6.61 Å². The van der Waals surface area contributed by atoms with E-state index in [9.17, 15) is 4.79 Å². The molecule has 0 heterocycles. The van der Waals surface area contributed by atoms with Gasteiger partial charge in [-0.05, 0) is 99.8 Å². The molecule has 0 aromatic heterocycles. The zero-order chi connectivity index (χ0) is 22.1. The fourth-order valence-corrected chi connectivity index (χ4v) is 2.99. The van der Waals surface area contributed by atoms with Gasteiger partial charge in [-0.2, -0.15) is 0 Å². The summed E-state index contributed by atoms with van der Waals surface area (Å²) in [7, 11) is 0. The molecule has 0 unspecified atom stereocenters. The van der Waals surface area contributed by atoms with Crippen molar-refractivity contribution in [2.24, 2.45) is 0 Å². The van der Waals surface area contributed by atoms with E-state index in [1.165, 1.54) is 28.7 Å². The van der Waals surface area contributed by atoms with Crippen LogP contribution < -0.4 is 0 Å². The topological polar surface area (TPSA) is 26.3 Å². The van der Waals surface area contributed by atoms with Crippen LogP contribution in [0.25, 0.3) is 0 Å². The minimum absolute atomic E-state index is 0.232.